The molecule has 1 amide bonds. The number of likely N-dealkylation sites (tertiary alicyclic amines) is 1. The van der Waals surface area contributed by atoms with E-state index in [0.29, 0.717) is 17.2 Å². The first-order chi connectivity index (χ1) is 11.1. The molecule has 0 unspecified atom stereocenters. The van der Waals surface area contributed by atoms with Gasteiger partial charge in [-0.15, -0.1) is 0 Å². The third-order valence-electron chi connectivity index (χ3n) is 4.13. The largest absolute Gasteiger partial charge is 0.455 e. The fourth-order valence-corrected chi connectivity index (χ4v) is 2.90. The Hall–Kier alpha value is -2.37. The molecule has 6 heteroatoms. The van der Waals surface area contributed by atoms with Gasteiger partial charge in [-0.25, -0.2) is 0 Å². The predicted octanol–water partition coefficient (Wildman–Crippen LogP) is 2.17. The van der Waals surface area contributed by atoms with E-state index in [-0.39, 0.29) is 18.9 Å². The Bertz CT molecular complexity index is 709. The Morgan fingerprint density at radius 1 is 1.39 bits per heavy atom. The van der Waals surface area contributed by atoms with Crippen LogP contribution in [-0.2, 0) is 20.7 Å². The second kappa shape index (κ2) is 6.81. The number of nitrogens with zero attached hydrogens (tertiary/aromatic N) is 2. The third kappa shape index (κ3) is 3.70. The third-order valence-corrected chi connectivity index (χ3v) is 4.13. The van der Waals surface area contributed by atoms with Gasteiger partial charge in [0.2, 0.25) is 0 Å². The first kappa shape index (κ1) is 15.5. The number of hydrogen-bond donors (Lipinski definition) is 0. The fourth-order valence-electron chi connectivity index (χ4n) is 2.90. The Morgan fingerprint density at radius 2 is 2.22 bits per heavy atom. The van der Waals surface area contributed by atoms with Gasteiger partial charge < -0.3 is 14.2 Å². The van der Waals surface area contributed by atoms with Crippen molar-refractivity contribution in [2.24, 2.45) is 5.92 Å². The summed E-state index contributed by atoms with van der Waals surface area (Å²) in [5.41, 5.74) is 1.17. The molecule has 0 spiro atoms. The molecular weight excluding hydrogens is 296 g/mol. The van der Waals surface area contributed by atoms with Gasteiger partial charge >= 0.3 is 5.97 Å². The number of amides is 1. The van der Waals surface area contributed by atoms with E-state index in [9.17, 15) is 9.59 Å². The highest BCUT2D eigenvalue weighted by molar-refractivity contribution is 5.85. The van der Waals surface area contributed by atoms with Crippen molar-refractivity contribution in [1.29, 1.82) is 0 Å². The topological polar surface area (TPSA) is 72.6 Å². The van der Waals surface area contributed by atoms with Gasteiger partial charge in [0.05, 0.1) is 6.42 Å². The normalized spacial score (nSPS) is 18.1. The number of fused-ring (bicyclic) bond motifs is 1. The van der Waals surface area contributed by atoms with E-state index >= 15 is 0 Å². The van der Waals surface area contributed by atoms with Gasteiger partial charge in [-0.05, 0) is 30.9 Å². The number of esters is 1. The summed E-state index contributed by atoms with van der Waals surface area (Å²) < 4.78 is 10.3. The maximum Gasteiger partial charge on any atom is 0.312 e. The summed E-state index contributed by atoms with van der Waals surface area (Å²) in [7, 11) is 0. The number of rotatable bonds is 4. The quantitative estimate of drug-likeness (QED) is 0.808. The maximum atomic E-state index is 12.1. The number of hydrogen-bond acceptors (Lipinski definition) is 5. The van der Waals surface area contributed by atoms with Crippen molar-refractivity contribution in [3.63, 3.8) is 0 Å². The van der Waals surface area contributed by atoms with Gasteiger partial charge in [0.25, 0.3) is 5.91 Å². The summed E-state index contributed by atoms with van der Waals surface area (Å²) in [6.45, 7) is 3.40. The predicted molar refractivity (Wildman–Crippen MR) is 83.7 cm³/mol. The number of ether oxygens (including phenoxy) is 1. The van der Waals surface area contributed by atoms with E-state index < -0.39 is 5.97 Å². The summed E-state index contributed by atoms with van der Waals surface area (Å²) in [6, 6.07) is 7.33. The van der Waals surface area contributed by atoms with Crippen LogP contribution in [0.4, 0.5) is 0 Å². The van der Waals surface area contributed by atoms with Crippen LogP contribution in [0.1, 0.15) is 25.5 Å². The van der Waals surface area contributed by atoms with E-state index in [4.69, 9.17) is 9.26 Å². The zero-order valence-corrected chi connectivity index (χ0v) is 13.2. The second-order valence-electron chi connectivity index (χ2n) is 6.05. The summed E-state index contributed by atoms with van der Waals surface area (Å²) in [5.74, 6) is -0.0951. The minimum Gasteiger partial charge on any atom is -0.455 e. The molecule has 122 valence electrons. The first-order valence-corrected chi connectivity index (χ1v) is 7.90. The molecule has 1 aliphatic heterocycles. The van der Waals surface area contributed by atoms with Crippen LogP contribution in [0.25, 0.3) is 11.0 Å². The molecule has 3 rings (SSSR count). The van der Waals surface area contributed by atoms with Crippen LogP contribution in [0, 0.1) is 5.92 Å². The molecule has 1 aromatic carbocycles. The minimum atomic E-state index is -0.470. The van der Waals surface area contributed by atoms with Crippen molar-refractivity contribution in [1.82, 2.24) is 10.1 Å². The van der Waals surface area contributed by atoms with Crippen LogP contribution in [0.15, 0.2) is 28.8 Å². The van der Waals surface area contributed by atoms with Crippen LogP contribution in [0.5, 0.6) is 0 Å². The molecule has 6 nitrogen and oxygen atoms in total. The first-order valence-electron chi connectivity index (χ1n) is 7.90. The average molecular weight is 316 g/mol. The molecule has 1 fully saturated rings. The minimum absolute atomic E-state index is 0.000691. The van der Waals surface area contributed by atoms with Crippen LogP contribution in [0.2, 0.25) is 0 Å². The molecule has 0 bridgehead atoms. The number of benzene rings is 1. The van der Waals surface area contributed by atoms with Gasteiger partial charge in [0.15, 0.2) is 12.2 Å². The lowest BCUT2D eigenvalue weighted by atomic mass is 10.0. The van der Waals surface area contributed by atoms with Crippen LogP contribution < -0.4 is 0 Å². The molecular formula is C17H20N2O4. The van der Waals surface area contributed by atoms with E-state index in [1.165, 1.54) is 0 Å². The highest BCUT2D eigenvalue weighted by Gasteiger charge is 2.22. The van der Waals surface area contributed by atoms with Crippen molar-refractivity contribution in [3.8, 4) is 0 Å². The van der Waals surface area contributed by atoms with E-state index in [1.807, 2.05) is 18.2 Å². The van der Waals surface area contributed by atoms with Gasteiger partial charge in [-0.3, -0.25) is 9.59 Å². The molecule has 1 aliphatic rings. The zero-order chi connectivity index (χ0) is 16.2. The van der Waals surface area contributed by atoms with Crippen LogP contribution in [-0.4, -0.2) is 41.6 Å². The SMILES string of the molecule is C[C@@H]1CCCN(C(=O)COC(=O)Cc2noc3ccccc23)C1. The molecule has 0 aliphatic carbocycles. The van der Waals surface area contributed by atoms with E-state index in [1.54, 1.807) is 11.0 Å². The van der Waals surface area contributed by atoms with E-state index in [0.717, 1.165) is 31.3 Å². The van der Waals surface area contributed by atoms with Crippen molar-refractivity contribution in [2.45, 2.75) is 26.2 Å². The second-order valence-corrected chi connectivity index (χ2v) is 6.05. The van der Waals surface area contributed by atoms with Crippen molar-refractivity contribution in [2.75, 3.05) is 19.7 Å². The highest BCUT2D eigenvalue weighted by Crippen LogP contribution is 2.18. The molecule has 1 aromatic heterocycles. The lowest BCUT2D eigenvalue weighted by molar-refractivity contribution is -0.152. The molecule has 0 saturated carbocycles. The molecule has 0 radical (unpaired) electrons. The molecule has 2 heterocycles. The lowest BCUT2D eigenvalue weighted by Gasteiger charge is -2.30. The number of aromatic nitrogens is 1. The Kier molecular flexibility index (Phi) is 4.60. The van der Waals surface area contributed by atoms with E-state index in [2.05, 4.69) is 12.1 Å². The summed E-state index contributed by atoms with van der Waals surface area (Å²) in [6.07, 6.45) is 2.15. The van der Waals surface area contributed by atoms with Gasteiger partial charge in [0.1, 0.15) is 5.69 Å². The number of carbonyl (C=O) groups is 2. The molecule has 2 aromatic rings. The van der Waals surface area contributed by atoms with Crippen molar-refractivity contribution in [3.05, 3.63) is 30.0 Å². The standard InChI is InChI=1S/C17H20N2O4/c1-12-5-4-8-19(10-12)16(20)11-22-17(21)9-14-13-6-2-3-7-15(13)23-18-14/h2-3,6-7,12H,4-5,8-11H2,1H3/t12-/m1/s1. The Balaban J connectivity index is 1.52. The molecule has 0 N–H and O–H groups in total. The maximum absolute atomic E-state index is 12.1. The summed E-state index contributed by atoms with van der Waals surface area (Å²) >= 11 is 0. The Morgan fingerprint density at radius 3 is 3.04 bits per heavy atom. The molecule has 1 atom stereocenters. The number of piperidine rings is 1. The fraction of sp³-hybridized carbons (Fsp3) is 0.471. The Labute approximate surface area is 134 Å². The summed E-state index contributed by atoms with van der Waals surface area (Å²) in [4.78, 5) is 25.8. The van der Waals surface area contributed by atoms with Gasteiger partial charge in [0, 0.05) is 18.5 Å². The highest BCUT2D eigenvalue weighted by atomic mass is 16.5. The molecule has 1 saturated heterocycles. The zero-order valence-electron chi connectivity index (χ0n) is 13.2. The van der Waals surface area contributed by atoms with Crippen molar-refractivity contribution >= 4 is 22.8 Å². The van der Waals surface area contributed by atoms with Crippen LogP contribution in [0.3, 0.4) is 0 Å². The monoisotopic (exact) mass is 316 g/mol. The lowest BCUT2D eigenvalue weighted by Crippen LogP contribution is -2.41. The van der Waals surface area contributed by atoms with Crippen molar-refractivity contribution < 1.29 is 18.8 Å². The van der Waals surface area contributed by atoms with Gasteiger partial charge in [-0.1, -0.05) is 24.2 Å². The smallest absolute Gasteiger partial charge is 0.312 e. The number of para-hydroxylation sites is 1. The summed E-state index contributed by atoms with van der Waals surface area (Å²) in [5, 5.41) is 4.68. The number of carbonyl (C=O) groups excluding carboxylic acids is 2. The van der Waals surface area contributed by atoms with Crippen LogP contribution >= 0.6 is 0 Å². The average Bonchev–Trinajstić information content (AvgIpc) is 2.96. The van der Waals surface area contributed by atoms with Gasteiger partial charge in [-0.2, -0.15) is 0 Å². The molecule has 23 heavy (non-hydrogen) atoms.